The van der Waals surface area contributed by atoms with Gasteiger partial charge in [0.1, 0.15) is 0 Å². The third kappa shape index (κ3) is 3.68. The van der Waals surface area contributed by atoms with Crippen LogP contribution in [0.25, 0.3) is 0 Å². The fourth-order valence-corrected chi connectivity index (χ4v) is 2.80. The monoisotopic (exact) mass is 311 g/mol. The standard InChI is InChI=1S/C18H21N3O2/c1-23-9-7-20-17-10-16(11-19-12-17)18(22)21-8-6-14-4-2-3-5-15(14)13-21/h2-5,10-12,20H,6-9,13H2,1H3. The van der Waals surface area contributed by atoms with Crippen molar-refractivity contribution < 1.29 is 9.53 Å². The van der Waals surface area contributed by atoms with E-state index in [-0.39, 0.29) is 5.91 Å². The van der Waals surface area contributed by atoms with Crippen molar-refractivity contribution >= 4 is 11.6 Å². The molecule has 0 saturated heterocycles. The molecular formula is C18H21N3O2. The van der Waals surface area contributed by atoms with Crippen molar-refractivity contribution in [3.8, 4) is 0 Å². The van der Waals surface area contributed by atoms with Crippen LogP contribution in [0.1, 0.15) is 21.5 Å². The second-order valence-corrected chi connectivity index (χ2v) is 5.63. The quantitative estimate of drug-likeness (QED) is 0.861. The summed E-state index contributed by atoms with van der Waals surface area (Å²) < 4.78 is 5.01. The summed E-state index contributed by atoms with van der Waals surface area (Å²) in [5.41, 5.74) is 4.02. The molecule has 0 aliphatic carbocycles. The molecule has 0 spiro atoms. The lowest BCUT2D eigenvalue weighted by molar-refractivity contribution is 0.0734. The fourth-order valence-electron chi connectivity index (χ4n) is 2.80. The van der Waals surface area contributed by atoms with Crippen molar-refractivity contribution in [1.82, 2.24) is 9.88 Å². The summed E-state index contributed by atoms with van der Waals surface area (Å²) >= 11 is 0. The maximum absolute atomic E-state index is 12.7. The van der Waals surface area contributed by atoms with E-state index in [0.717, 1.165) is 18.7 Å². The fraction of sp³-hybridized carbons (Fsp3) is 0.333. The molecular weight excluding hydrogens is 290 g/mol. The Bertz CT molecular complexity index is 687. The van der Waals surface area contributed by atoms with E-state index in [2.05, 4.69) is 28.5 Å². The largest absolute Gasteiger partial charge is 0.383 e. The van der Waals surface area contributed by atoms with Crippen LogP contribution in [0.4, 0.5) is 5.69 Å². The van der Waals surface area contributed by atoms with Gasteiger partial charge in [-0.1, -0.05) is 24.3 Å². The van der Waals surface area contributed by atoms with Gasteiger partial charge in [-0.25, -0.2) is 0 Å². The number of fused-ring (bicyclic) bond motifs is 1. The average molecular weight is 311 g/mol. The number of anilines is 1. The van der Waals surface area contributed by atoms with Gasteiger partial charge in [0.15, 0.2) is 0 Å². The van der Waals surface area contributed by atoms with Crippen molar-refractivity contribution in [3.63, 3.8) is 0 Å². The molecule has 0 fully saturated rings. The summed E-state index contributed by atoms with van der Waals surface area (Å²) in [6.45, 7) is 2.71. The van der Waals surface area contributed by atoms with Gasteiger partial charge >= 0.3 is 0 Å². The highest BCUT2D eigenvalue weighted by molar-refractivity contribution is 5.94. The van der Waals surface area contributed by atoms with Crippen LogP contribution in [-0.4, -0.2) is 42.6 Å². The second-order valence-electron chi connectivity index (χ2n) is 5.63. The van der Waals surface area contributed by atoms with Crippen LogP contribution in [0.3, 0.4) is 0 Å². The molecule has 5 heteroatoms. The number of hydrogen-bond donors (Lipinski definition) is 1. The minimum absolute atomic E-state index is 0.0300. The Kier molecular flexibility index (Phi) is 4.88. The van der Waals surface area contributed by atoms with Crippen LogP contribution in [0.5, 0.6) is 0 Å². The summed E-state index contributed by atoms with van der Waals surface area (Å²) in [7, 11) is 1.66. The number of hydrogen-bond acceptors (Lipinski definition) is 4. The van der Waals surface area contributed by atoms with Crippen LogP contribution in [0.15, 0.2) is 42.7 Å². The number of carbonyl (C=O) groups excluding carboxylic acids is 1. The zero-order chi connectivity index (χ0) is 16.1. The normalized spacial score (nSPS) is 13.5. The Morgan fingerprint density at radius 2 is 2.13 bits per heavy atom. The number of carbonyl (C=O) groups is 1. The van der Waals surface area contributed by atoms with Gasteiger partial charge in [-0.3, -0.25) is 9.78 Å². The van der Waals surface area contributed by atoms with Gasteiger partial charge < -0.3 is 15.0 Å². The highest BCUT2D eigenvalue weighted by atomic mass is 16.5. The molecule has 5 nitrogen and oxygen atoms in total. The number of methoxy groups -OCH3 is 1. The Hall–Kier alpha value is -2.40. The first-order chi connectivity index (χ1) is 11.3. The molecule has 3 rings (SSSR count). The van der Waals surface area contributed by atoms with Gasteiger partial charge in [-0.15, -0.1) is 0 Å². The predicted molar refractivity (Wildman–Crippen MR) is 89.5 cm³/mol. The number of pyridine rings is 1. The topological polar surface area (TPSA) is 54.5 Å². The maximum atomic E-state index is 12.7. The molecule has 120 valence electrons. The Morgan fingerprint density at radius 1 is 1.30 bits per heavy atom. The van der Waals surface area contributed by atoms with E-state index in [9.17, 15) is 4.79 Å². The molecule has 0 bridgehead atoms. The van der Waals surface area contributed by atoms with Crippen molar-refractivity contribution in [2.75, 3.05) is 32.1 Å². The zero-order valence-corrected chi connectivity index (χ0v) is 13.3. The number of nitrogens with zero attached hydrogens (tertiary/aromatic N) is 2. The Balaban J connectivity index is 1.70. The molecule has 1 aliphatic rings. The van der Waals surface area contributed by atoms with E-state index in [1.807, 2.05) is 17.0 Å². The molecule has 1 aliphatic heterocycles. The van der Waals surface area contributed by atoms with Gasteiger partial charge in [0, 0.05) is 39.1 Å². The molecule has 1 amide bonds. The summed E-state index contributed by atoms with van der Waals surface area (Å²) in [5, 5.41) is 3.20. The lowest BCUT2D eigenvalue weighted by atomic mass is 9.99. The SMILES string of the molecule is COCCNc1cncc(C(=O)N2CCc3ccccc3C2)c1. The molecule has 2 heterocycles. The molecule has 0 radical (unpaired) electrons. The smallest absolute Gasteiger partial charge is 0.255 e. The number of nitrogens with one attached hydrogen (secondary N) is 1. The van der Waals surface area contributed by atoms with Gasteiger partial charge in [0.25, 0.3) is 5.91 Å². The van der Waals surface area contributed by atoms with Crippen LogP contribution in [-0.2, 0) is 17.7 Å². The van der Waals surface area contributed by atoms with E-state index >= 15 is 0 Å². The first-order valence-electron chi connectivity index (χ1n) is 7.82. The van der Waals surface area contributed by atoms with Crippen LogP contribution >= 0.6 is 0 Å². The van der Waals surface area contributed by atoms with Gasteiger partial charge in [0.05, 0.1) is 17.9 Å². The zero-order valence-electron chi connectivity index (χ0n) is 13.3. The predicted octanol–water partition coefficient (Wildman–Crippen LogP) is 2.34. The van der Waals surface area contributed by atoms with E-state index in [0.29, 0.717) is 25.3 Å². The molecule has 0 unspecified atom stereocenters. The summed E-state index contributed by atoms with van der Waals surface area (Å²) in [6.07, 6.45) is 4.25. The maximum Gasteiger partial charge on any atom is 0.255 e. The average Bonchev–Trinajstić information content (AvgIpc) is 2.61. The van der Waals surface area contributed by atoms with Crippen LogP contribution in [0, 0.1) is 0 Å². The molecule has 0 saturated carbocycles. The van der Waals surface area contributed by atoms with E-state index in [4.69, 9.17) is 4.74 Å². The third-order valence-corrected chi connectivity index (χ3v) is 4.04. The minimum atomic E-state index is 0.0300. The van der Waals surface area contributed by atoms with E-state index < -0.39 is 0 Å². The van der Waals surface area contributed by atoms with Gasteiger partial charge in [-0.05, 0) is 23.6 Å². The summed E-state index contributed by atoms with van der Waals surface area (Å²) in [5.74, 6) is 0.0300. The van der Waals surface area contributed by atoms with E-state index in [1.54, 1.807) is 19.5 Å². The molecule has 2 aromatic rings. The summed E-state index contributed by atoms with van der Waals surface area (Å²) in [6, 6.07) is 10.2. The molecule has 23 heavy (non-hydrogen) atoms. The highest BCUT2D eigenvalue weighted by Gasteiger charge is 2.21. The number of aromatic nitrogens is 1. The van der Waals surface area contributed by atoms with Crippen LogP contribution < -0.4 is 5.32 Å². The molecule has 1 aromatic carbocycles. The minimum Gasteiger partial charge on any atom is -0.383 e. The highest BCUT2D eigenvalue weighted by Crippen LogP contribution is 2.20. The van der Waals surface area contributed by atoms with Gasteiger partial charge in [0.2, 0.25) is 0 Å². The molecule has 0 atom stereocenters. The lowest BCUT2D eigenvalue weighted by Crippen LogP contribution is -2.36. The van der Waals surface area contributed by atoms with Crippen LogP contribution in [0.2, 0.25) is 0 Å². The molecule has 1 N–H and O–H groups in total. The van der Waals surface area contributed by atoms with Crippen molar-refractivity contribution in [1.29, 1.82) is 0 Å². The van der Waals surface area contributed by atoms with Gasteiger partial charge in [-0.2, -0.15) is 0 Å². The second kappa shape index (κ2) is 7.24. The number of amides is 1. The first kappa shape index (κ1) is 15.5. The number of rotatable bonds is 5. The van der Waals surface area contributed by atoms with Crippen molar-refractivity contribution in [3.05, 3.63) is 59.4 Å². The summed E-state index contributed by atoms with van der Waals surface area (Å²) in [4.78, 5) is 18.8. The van der Waals surface area contributed by atoms with Crippen molar-refractivity contribution in [2.45, 2.75) is 13.0 Å². The lowest BCUT2D eigenvalue weighted by Gasteiger charge is -2.29. The van der Waals surface area contributed by atoms with E-state index in [1.165, 1.54) is 11.1 Å². The third-order valence-electron chi connectivity index (χ3n) is 4.04. The Labute approximate surface area is 136 Å². The molecule has 1 aromatic heterocycles. The Morgan fingerprint density at radius 3 is 2.96 bits per heavy atom. The number of benzene rings is 1. The first-order valence-corrected chi connectivity index (χ1v) is 7.82. The number of ether oxygens (including phenoxy) is 1. The van der Waals surface area contributed by atoms with Crippen molar-refractivity contribution in [2.24, 2.45) is 0 Å².